The molecule has 0 bridgehead atoms. The van der Waals surface area contributed by atoms with E-state index in [0.717, 1.165) is 25.7 Å². The normalized spacial score (nSPS) is 16.1. The Labute approximate surface area is 111 Å². The lowest BCUT2D eigenvalue weighted by atomic mass is 9.96. The van der Waals surface area contributed by atoms with E-state index >= 15 is 0 Å². The van der Waals surface area contributed by atoms with Crippen LogP contribution in [0.15, 0.2) is 6.20 Å². The predicted molar refractivity (Wildman–Crippen MR) is 69.2 cm³/mol. The molecule has 0 saturated heterocycles. The molecule has 1 saturated carbocycles. The van der Waals surface area contributed by atoms with Crippen molar-refractivity contribution >= 4 is 17.8 Å². The minimum atomic E-state index is -1.11. The highest BCUT2D eigenvalue weighted by atomic mass is 16.4. The van der Waals surface area contributed by atoms with Gasteiger partial charge in [-0.25, -0.2) is 9.59 Å². The maximum atomic E-state index is 11.8. The second-order valence-corrected chi connectivity index (χ2v) is 4.77. The van der Waals surface area contributed by atoms with Crippen molar-refractivity contribution in [2.75, 3.05) is 5.32 Å². The van der Waals surface area contributed by atoms with Gasteiger partial charge in [0.15, 0.2) is 0 Å². The van der Waals surface area contributed by atoms with Crippen molar-refractivity contribution < 1.29 is 14.7 Å². The van der Waals surface area contributed by atoms with E-state index < -0.39 is 5.97 Å². The van der Waals surface area contributed by atoms with E-state index in [9.17, 15) is 9.59 Å². The van der Waals surface area contributed by atoms with Crippen molar-refractivity contribution in [3.8, 4) is 0 Å². The quantitative estimate of drug-likeness (QED) is 0.773. The number of hydrogen-bond acceptors (Lipinski definition) is 3. The zero-order chi connectivity index (χ0) is 13.8. The zero-order valence-electron chi connectivity index (χ0n) is 10.8. The van der Waals surface area contributed by atoms with Gasteiger partial charge in [0, 0.05) is 13.1 Å². The number of aryl methyl sites for hydroxylation is 1. The summed E-state index contributed by atoms with van der Waals surface area (Å²) in [5, 5.41) is 18.2. The minimum Gasteiger partial charge on any atom is -0.477 e. The number of carbonyl (C=O) groups is 2. The molecule has 2 amide bonds. The van der Waals surface area contributed by atoms with E-state index in [2.05, 4.69) is 15.7 Å². The van der Waals surface area contributed by atoms with Gasteiger partial charge in [0.1, 0.15) is 11.4 Å². The molecule has 19 heavy (non-hydrogen) atoms. The van der Waals surface area contributed by atoms with Gasteiger partial charge in [-0.15, -0.1) is 0 Å². The SMILES string of the molecule is Cn1ncc(C(=O)O)c1NC(=O)NC1CCCCC1. The summed E-state index contributed by atoms with van der Waals surface area (Å²) >= 11 is 0. The first-order valence-electron chi connectivity index (χ1n) is 6.40. The topological polar surface area (TPSA) is 96.2 Å². The van der Waals surface area contributed by atoms with Gasteiger partial charge in [0.05, 0.1) is 6.20 Å². The first-order valence-corrected chi connectivity index (χ1v) is 6.40. The Bertz CT molecular complexity index is 477. The highest BCUT2D eigenvalue weighted by Gasteiger charge is 2.20. The van der Waals surface area contributed by atoms with E-state index in [-0.39, 0.29) is 23.5 Å². The number of carbonyl (C=O) groups excluding carboxylic acids is 1. The van der Waals surface area contributed by atoms with Gasteiger partial charge in [-0.05, 0) is 12.8 Å². The summed E-state index contributed by atoms with van der Waals surface area (Å²) in [4.78, 5) is 22.8. The number of aromatic carboxylic acids is 1. The Morgan fingerprint density at radius 1 is 1.37 bits per heavy atom. The van der Waals surface area contributed by atoms with Crippen LogP contribution < -0.4 is 10.6 Å². The van der Waals surface area contributed by atoms with Crippen LogP contribution in [0.25, 0.3) is 0 Å². The zero-order valence-corrected chi connectivity index (χ0v) is 10.8. The monoisotopic (exact) mass is 266 g/mol. The highest BCUT2D eigenvalue weighted by Crippen LogP contribution is 2.18. The summed E-state index contributed by atoms with van der Waals surface area (Å²) < 4.78 is 1.34. The van der Waals surface area contributed by atoms with Crippen molar-refractivity contribution in [3.63, 3.8) is 0 Å². The van der Waals surface area contributed by atoms with Crippen LogP contribution in [0.3, 0.4) is 0 Å². The van der Waals surface area contributed by atoms with E-state index in [1.807, 2.05) is 0 Å². The molecular weight excluding hydrogens is 248 g/mol. The fourth-order valence-electron chi connectivity index (χ4n) is 2.32. The Hall–Kier alpha value is -2.05. The van der Waals surface area contributed by atoms with Crippen LogP contribution >= 0.6 is 0 Å². The molecule has 0 radical (unpaired) electrons. The number of aromatic nitrogens is 2. The number of carboxylic acids is 1. The highest BCUT2D eigenvalue weighted by molar-refractivity contribution is 5.98. The van der Waals surface area contributed by atoms with E-state index in [0.29, 0.717) is 0 Å². The van der Waals surface area contributed by atoms with Gasteiger partial charge >= 0.3 is 12.0 Å². The number of urea groups is 1. The van der Waals surface area contributed by atoms with Crippen molar-refractivity contribution in [1.29, 1.82) is 0 Å². The van der Waals surface area contributed by atoms with Crippen molar-refractivity contribution in [1.82, 2.24) is 15.1 Å². The summed E-state index contributed by atoms with van der Waals surface area (Å²) in [6, 6.07) is -0.201. The third-order valence-corrected chi connectivity index (χ3v) is 3.34. The maximum Gasteiger partial charge on any atom is 0.341 e. The van der Waals surface area contributed by atoms with Crippen molar-refractivity contribution in [3.05, 3.63) is 11.8 Å². The molecule has 7 nitrogen and oxygen atoms in total. The average molecular weight is 266 g/mol. The van der Waals surface area contributed by atoms with Crippen LogP contribution in [-0.4, -0.2) is 32.9 Å². The lowest BCUT2D eigenvalue weighted by Gasteiger charge is -2.22. The molecule has 104 valence electrons. The molecular formula is C12H18N4O3. The van der Waals surface area contributed by atoms with Crippen LogP contribution in [0.5, 0.6) is 0 Å². The summed E-state index contributed by atoms with van der Waals surface area (Å²) in [6.07, 6.45) is 6.63. The van der Waals surface area contributed by atoms with Gasteiger partial charge in [0.2, 0.25) is 0 Å². The van der Waals surface area contributed by atoms with Gasteiger partial charge in [-0.2, -0.15) is 5.10 Å². The number of nitrogens with zero attached hydrogens (tertiary/aromatic N) is 2. The first kappa shape index (κ1) is 13.4. The molecule has 1 aromatic rings. The minimum absolute atomic E-state index is 0.0127. The molecule has 1 aliphatic carbocycles. The molecule has 1 aromatic heterocycles. The molecule has 1 heterocycles. The van der Waals surface area contributed by atoms with Gasteiger partial charge in [-0.3, -0.25) is 10.00 Å². The first-order chi connectivity index (χ1) is 9.08. The second kappa shape index (κ2) is 5.73. The average Bonchev–Trinajstić information content (AvgIpc) is 2.72. The summed E-state index contributed by atoms with van der Waals surface area (Å²) in [7, 11) is 1.59. The number of nitrogens with one attached hydrogen (secondary N) is 2. The van der Waals surface area contributed by atoms with Gasteiger partial charge in [0.25, 0.3) is 0 Å². The van der Waals surface area contributed by atoms with Crippen LogP contribution in [0.4, 0.5) is 10.6 Å². The van der Waals surface area contributed by atoms with E-state index in [1.165, 1.54) is 17.3 Å². The number of amides is 2. The molecule has 1 aliphatic rings. The van der Waals surface area contributed by atoms with Gasteiger partial charge in [-0.1, -0.05) is 19.3 Å². The van der Waals surface area contributed by atoms with Crippen molar-refractivity contribution in [2.24, 2.45) is 7.05 Å². The van der Waals surface area contributed by atoms with Crippen LogP contribution in [0.2, 0.25) is 0 Å². The predicted octanol–water partition coefficient (Wildman–Crippen LogP) is 1.57. The maximum absolute atomic E-state index is 11.8. The molecule has 3 N–H and O–H groups in total. The number of rotatable bonds is 3. The van der Waals surface area contributed by atoms with E-state index in [1.54, 1.807) is 7.05 Å². The number of hydrogen-bond donors (Lipinski definition) is 3. The fraction of sp³-hybridized carbons (Fsp3) is 0.583. The third kappa shape index (κ3) is 3.24. The lowest BCUT2D eigenvalue weighted by molar-refractivity contribution is 0.0698. The summed E-state index contributed by atoms with van der Waals surface area (Å²) in [6.45, 7) is 0. The van der Waals surface area contributed by atoms with Crippen LogP contribution in [0, 0.1) is 0 Å². The molecule has 0 aliphatic heterocycles. The number of anilines is 1. The Balaban J connectivity index is 1.98. The fourth-order valence-corrected chi connectivity index (χ4v) is 2.32. The molecule has 0 spiro atoms. The molecule has 7 heteroatoms. The smallest absolute Gasteiger partial charge is 0.341 e. The van der Waals surface area contributed by atoms with Gasteiger partial charge < -0.3 is 10.4 Å². The molecule has 1 fully saturated rings. The van der Waals surface area contributed by atoms with Crippen LogP contribution in [-0.2, 0) is 7.05 Å². The van der Waals surface area contributed by atoms with Crippen molar-refractivity contribution in [2.45, 2.75) is 38.1 Å². The van der Waals surface area contributed by atoms with E-state index in [4.69, 9.17) is 5.11 Å². The standard InChI is InChI=1S/C12H18N4O3/c1-16-10(9(7-13-16)11(17)18)15-12(19)14-8-5-3-2-4-6-8/h7-8H,2-6H2,1H3,(H,17,18)(H2,14,15,19). The molecule has 2 rings (SSSR count). The third-order valence-electron chi connectivity index (χ3n) is 3.34. The van der Waals surface area contributed by atoms with Crippen LogP contribution in [0.1, 0.15) is 42.5 Å². The number of carboxylic acid groups (broad SMARTS) is 1. The molecule has 0 atom stereocenters. The Morgan fingerprint density at radius 3 is 2.68 bits per heavy atom. The Kier molecular flexibility index (Phi) is 4.03. The lowest BCUT2D eigenvalue weighted by Crippen LogP contribution is -2.39. The molecule has 0 aromatic carbocycles. The largest absolute Gasteiger partial charge is 0.477 e. The summed E-state index contributed by atoms with van der Waals surface area (Å²) in [5.74, 6) is -0.915. The molecule has 0 unspecified atom stereocenters. The Morgan fingerprint density at radius 2 is 2.05 bits per heavy atom. The second-order valence-electron chi connectivity index (χ2n) is 4.77. The summed E-state index contributed by atoms with van der Waals surface area (Å²) in [5.41, 5.74) is -0.0127.